The Morgan fingerprint density at radius 3 is 2.27 bits per heavy atom. The second-order valence-corrected chi connectivity index (χ2v) is 5.75. The maximum Gasteiger partial charge on any atom is 0.352 e. The highest BCUT2D eigenvalue weighted by molar-refractivity contribution is 5.88. The van der Waals surface area contributed by atoms with E-state index in [0.717, 1.165) is 19.2 Å². The van der Waals surface area contributed by atoms with Crippen LogP contribution in [0.4, 0.5) is 17.7 Å². The number of esters is 1. The van der Waals surface area contributed by atoms with Gasteiger partial charge in [-0.2, -0.15) is 13.9 Å². The van der Waals surface area contributed by atoms with Crippen LogP contribution in [0.25, 0.3) is 0 Å². The molecule has 0 bridgehead atoms. The Bertz CT molecular complexity index is 670. The molecule has 0 spiro atoms. The number of nitrogens with zero attached hydrogens (tertiary/aromatic N) is 1. The fourth-order valence-corrected chi connectivity index (χ4v) is 2.38. The van der Waals surface area contributed by atoms with Gasteiger partial charge in [0.2, 0.25) is 0 Å². The second-order valence-electron chi connectivity index (χ2n) is 5.75. The Hall–Kier alpha value is -2.45. The van der Waals surface area contributed by atoms with Crippen LogP contribution >= 0.6 is 0 Å². The molecule has 0 heterocycles. The van der Waals surface area contributed by atoms with E-state index in [9.17, 15) is 32.0 Å². The van der Waals surface area contributed by atoms with Crippen molar-refractivity contribution in [2.24, 2.45) is 0 Å². The van der Waals surface area contributed by atoms with Gasteiger partial charge in [-0.05, 0) is 49.9 Å². The molecule has 0 N–H and O–H groups in total. The average molecular weight is 377 g/mol. The van der Waals surface area contributed by atoms with Gasteiger partial charge in [0.1, 0.15) is 12.1 Å². The number of amides is 1. The largest absolute Gasteiger partial charge is 0.467 e. The summed E-state index contributed by atoms with van der Waals surface area (Å²) in [4.78, 5) is 34.0. The lowest BCUT2D eigenvalue weighted by Gasteiger charge is -2.25. The topological polar surface area (TPSA) is 63.7 Å². The monoisotopic (exact) mass is 377 g/mol. The number of aldehydes is 1. The molecule has 1 aromatic carbocycles. The lowest BCUT2D eigenvalue weighted by molar-refractivity contribution is -0.188. The van der Waals surface area contributed by atoms with E-state index in [0.29, 0.717) is 6.29 Å². The lowest BCUT2D eigenvalue weighted by Crippen LogP contribution is -2.46. The van der Waals surface area contributed by atoms with Crippen LogP contribution in [-0.2, 0) is 25.0 Å². The van der Waals surface area contributed by atoms with E-state index in [1.165, 1.54) is 13.8 Å². The molecule has 0 aliphatic carbocycles. The Kier molecular flexibility index (Phi) is 7.29. The predicted molar refractivity (Wildman–Crippen MR) is 83.4 cm³/mol. The number of methoxy groups -OCH3 is 1. The molecule has 1 aromatic rings. The first kappa shape index (κ1) is 21.6. The number of rotatable bonds is 8. The Morgan fingerprint density at radius 2 is 1.81 bits per heavy atom. The minimum atomic E-state index is -4.32. The van der Waals surface area contributed by atoms with Gasteiger partial charge in [-0.3, -0.25) is 4.79 Å². The SMILES string of the molecule is COC(=O)[C@@H](CCCC=O)N(F)C(=O)C(F)(F)c1cc(C)c(F)c(C)c1. The molecule has 0 aromatic heterocycles. The fraction of sp³-hybridized carbons (Fsp3) is 0.471. The highest BCUT2D eigenvalue weighted by Gasteiger charge is 2.48. The molecule has 0 aliphatic rings. The van der Waals surface area contributed by atoms with Crippen LogP contribution in [0.3, 0.4) is 0 Å². The molecule has 1 atom stereocenters. The van der Waals surface area contributed by atoms with Crippen LogP contribution < -0.4 is 0 Å². The van der Waals surface area contributed by atoms with Gasteiger partial charge in [-0.25, -0.2) is 9.18 Å². The number of ether oxygens (including phenoxy) is 1. The number of carbonyl (C=O) groups is 3. The summed E-state index contributed by atoms with van der Waals surface area (Å²) in [6.07, 6.45) is 0.0994. The first-order valence-corrected chi connectivity index (χ1v) is 7.73. The smallest absolute Gasteiger partial charge is 0.352 e. The zero-order chi connectivity index (χ0) is 20.1. The number of carbonyl (C=O) groups excluding carboxylic acids is 3. The molecule has 0 unspecified atom stereocenters. The Balaban J connectivity index is 3.15. The summed E-state index contributed by atoms with van der Waals surface area (Å²) in [7, 11) is 0.915. The molecule has 1 amide bonds. The number of unbranched alkanes of at least 4 members (excludes halogenated alkanes) is 1. The Morgan fingerprint density at radius 1 is 1.27 bits per heavy atom. The summed E-state index contributed by atoms with van der Waals surface area (Å²) in [5.74, 6) is -8.54. The third-order valence-electron chi connectivity index (χ3n) is 3.81. The molecule has 1 rings (SSSR count). The minimum absolute atomic E-state index is 0.00268. The van der Waals surface area contributed by atoms with Crippen molar-refractivity contribution in [2.45, 2.75) is 45.1 Å². The molecule has 0 radical (unpaired) electrons. The quantitative estimate of drug-likeness (QED) is 0.230. The maximum atomic E-state index is 14.4. The van der Waals surface area contributed by atoms with E-state index in [4.69, 9.17) is 0 Å². The standard InChI is InChI=1S/C17H19F4NO4/c1-10-8-12(9-11(2)14(10)18)17(19,20)16(25)22(21)13(15(24)26-3)6-4-5-7-23/h7-9,13H,4-6H2,1-3H3/t13-/m1/s1. The van der Waals surface area contributed by atoms with Gasteiger partial charge in [-0.15, -0.1) is 0 Å². The van der Waals surface area contributed by atoms with Crippen LogP contribution in [0.2, 0.25) is 0 Å². The van der Waals surface area contributed by atoms with Crippen LogP contribution in [-0.4, -0.2) is 36.4 Å². The third kappa shape index (κ3) is 4.59. The zero-order valence-corrected chi connectivity index (χ0v) is 14.5. The number of halogens is 4. The lowest BCUT2D eigenvalue weighted by atomic mass is 10.0. The van der Waals surface area contributed by atoms with Crippen molar-refractivity contribution in [2.75, 3.05) is 7.11 Å². The zero-order valence-electron chi connectivity index (χ0n) is 14.5. The van der Waals surface area contributed by atoms with Crippen molar-refractivity contribution < 1.29 is 36.8 Å². The number of alkyl halides is 2. The van der Waals surface area contributed by atoms with Crippen molar-refractivity contribution in [3.05, 3.63) is 34.6 Å². The number of aryl methyl sites for hydroxylation is 2. The first-order valence-electron chi connectivity index (χ1n) is 7.73. The van der Waals surface area contributed by atoms with Gasteiger partial charge in [0, 0.05) is 12.0 Å². The van der Waals surface area contributed by atoms with Gasteiger partial charge in [0.25, 0.3) is 0 Å². The van der Waals surface area contributed by atoms with Crippen molar-refractivity contribution in [3.63, 3.8) is 0 Å². The van der Waals surface area contributed by atoms with E-state index in [1.54, 1.807) is 0 Å². The maximum absolute atomic E-state index is 14.4. The van der Waals surface area contributed by atoms with E-state index in [1.807, 2.05) is 0 Å². The Labute approximate surface area is 147 Å². The molecule has 26 heavy (non-hydrogen) atoms. The normalized spacial score (nSPS) is 12.4. The summed E-state index contributed by atoms with van der Waals surface area (Å²) < 4.78 is 61.2. The third-order valence-corrected chi connectivity index (χ3v) is 3.81. The van der Waals surface area contributed by atoms with Gasteiger partial charge in [0.05, 0.1) is 7.11 Å². The highest BCUT2D eigenvalue weighted by Crippen LogP contribution is 2.34. The van der Waals surface area contributed by atoms with Crippen LogP contribution in [0, 0.1) is 19.7 Å². The fourth-order valence-electron chi connectivity index (χ4n) is 2.38. The predicted octanol–water partition coefficient (Wildman–Crippen LogP) is 3.16. The van der Waals surface area contributed by atoms with Gasteiger partial charge < -0.3 is 9.53 Å². The van der Waals surface area contributed by atoms with Gasteiger partial charge >= 0.3 is 17.8 Å². The summed E-state index contributed by atoms with van der Waals surface area (Å²) in [5, 5.41) is -0.884. The van der Waals surface area contributed by atoms with Crippen LogP contribution in [0.15, 0.2) is 12.1 Å². The summed E-state index contributed by atoms with van der Waals surface area (Å²) in [6, 6.07) is -0.428. The van der Waals surface area contributed by atoms with Crippen molar-refractivity contribution in [1.82, 2.24) is 5.12 Å². The van der Waals surface area contributed by atoms with E-state index < -0.39 is 40.3 Å². The molecule has 0 fully saturated rings. The highest BCUT2D eigenvalue weighted by atomic mass is 19.3. The van der Waals surface area contributed by atoms with E-state index in [2.05, 4.69) is 4.74 Å². The van der Waals surface area contributed by atoms with E-state index >= 15 is 0 Å². The summed E-state index contributed by atoms with van der Waals surface area (Å²) in [6.45, 7) is 2.46. The molecule has 0 aliphatic heterocycles. The van der Waals surface area contributed by atoms with Gasteiger partial charge in [0.15, 0.2) is 6.04 Å². The summed E-state index contributed by atoms with van der Waals surface area (Å²) >= 11 is 0. The van der Waals surface area contributed by atoms with Crippen molar-refractivity contribution in [1.29, 1.82) is 0 Å². The van der Waals surface area contributed by atoms with Gasteiger partial charge in [-0.1, -0.05) is 4.48 Å². The number of hydrogen-bond acceptors (Lipinski definition) is 4. The first-order chi connectivity index (χ1) is 12.1. The second kappa shape index (κ2) is 8.77. The molecule has 144 valence electrons. The number of hydrogen-bond donors (Lipinski definition) is 0. The van der Waals surface area contributed by atoms with Crippen LogP contribution in [0.1, 0.15) is 36.0 Å². The number of benzene rings is 1. The molecule has 0 saturated carbocycles. The summed E-state index contributed by atoms with van der Waals surface area (Å²) in [5.41, 5.74) is -1.15. The molecule has 9 heteroatoms. The van der Waals surface area contributed by atoms with E-state index in [-0.39, 0.29) is 30.4 Å². The van der Waals surface area contributed by atoms with Crippen LogP contribution in [0.5, 0.6) is 0 Å². The van der Waals surface area contributed by atoms with Crippen molar-refractivity contribution >= 4 is 18.2 Å². The molecular formula is C17H19F4NO4. The molecular weight excluding hydrogens is 358 g/mol. The van der Waals surface area contributed by atoms with Crippen molar-refractivity contribution in [3.8, 4) is 0 Å². The molecule has 5 nitrogen and oxygen atoms in total. The molecule has 0 saturated heterocycles. The average Bonchev–Trinajstić information content (AvgIpc) is 2.60. The minimum Gasteiger partial charge on any atom is -0.467 e.